The summed E-state index contributed by atoms with van der Waals surface area (Å²) in [6.07, 6.45) is 0. The summed E-state index contributed by atoms with van der Waals surface area (Å²) < 4.78 is 0.613. The summed E-state index contributed by atoms with van der Waals surface area (Å²) in [4.78, 5) is 21.9. The van der Waals surface area contributed by atoms with Crippen LogP contribution in [0.2, 0.25) is 0 Å². The lowest BCUT2D eigenvalue weighted by molar-refractivity contribution is -0.385. The van der Waals surface area contributed by atoms with Crippen molar-refractivity contribution < 1.29 is 14.8 Å². The fourth-order valence-corrected chi connectivity index (χ4v) is 3.43. The molecule has 0 saturated carbocycles. The van der Waals surface area contributed by atoms with E-state index in [9.17, 15) is 14.9 Å². The lowest BCUT2D eigenvalue weighted by Crippen LogP contribution is -2.01. The van der Waals surface area contributed by atoms with Crippen molar-refractivity contribution >= 4 is 34.8 Å². The summed E-state index contributed by atoms with van der Waals surface area (Å²) in [5, 5.41) is 28.5. The molecule has 0 aliphatic rings. The quantitative estimate of drug-likeness (QED) is 0.683. The third-order valence-electron chi connectivity index (χ3n) is 2.48. The Bertz CT molecular complexity index is 699. The van der Waals surface area contributed by atoms with Crippen LogP contribution in [0.25, 0.3) is 0 Å². The van der Waals surface area contributed by atoms with Gasteiger partial charge in [-0.1, -0.05) is 23.1 Å². The maximum absolute atomic E-state index is 11.0. The second kappa shape index (κ2) is 5.55. The molecular formula is C11H9N3O4S2. The highest BCUT2D eigenvalue weighted by molar-refractivity contribution is 8.01. The average molecular weight is 311 g/mol. The first-order chi connectivity index (χ1) is 9.38. The Labute approximate surface area is 121 Å². The summed E-state index contributed by atoms with van der Waals surface area (Å²) in [5.74, 6) is -1.21. The van der Waals surface area contributed by atoms with Crippen LogP contribution in [0, 0.1) is 24.0 Å². The summed E-state index contributed by atoms with van der Waals surface area (Å²) in [7, 11) is 0. The first-order valence-corrected chi connectivity index (χ1v) is 7.02. The fraction of sp³-hybridized carbons (Fsp3) is 0.182. The first kappa shape index (κ1) is 14.4. The van der Waals surface area contributed by atoms with Crippen LogP contribution in [0.1, 0.15) is 20.9 Å². The fourth-order valence-electron chi connectivity index (χ4n) is 1.51. The molecule has 0 radical (unpaired) electrons. The number of nitrogens with zero attached hydrogens (tertiary/aromatic N) is 3. The van der Waals surface area contributed by atoms with E-state index in [1.54, 1.807) is 13.8 Å². The van der Waals surface area contributed by atoms with Crippen molar-refractivity contribution in [3.63, 3.8) is 0 Å². The van der Waals surface area contributed by atoms with Gasteiger partial charge in [0, 0.05) is 16.5 Å². The van der Waals surface area contributed by atoms with Gasteiger partial charge in [0.1, 0.15) is 5.01 Å². The molecule has 0 bridgehead atoms. The van der Waals surface area contributed by atoms with Crippen molar-refractivity contribution in [2.24, 2.45) is 0 Å². The van der Waals surface area contributed by atoms with Crippen molar-refractivity contribution in [3.05, 3.63) is 38.4 Å². The van der Waals surface area contributed by atoms with E-state index in [1.165, 1.54) is 29.2 Å². The average Bonchev–Trinajstić information content (AvgIpc) is 2.76. The second-order valence-corrected chi connectivity index (χ2v) is 6.34. The number of hydrogen-bond donors (Lipinski definition) is 1. The lowest BCUT2D eigenvalue weighted by Gasteiger charge is -2.05. The number of nitro groups is 1. The normalized spacial score (nSPS) is 10.5. The smallest absolute Gasteiger partial charge is 0.335 e. The van der Waals surface area contributed by atoms with Crippen LogP contribution in [0.3, 0.4) is 0 Å². The Morgan fingerprint density at radius 2 is 2.10 bits per heavy atom. The van der Waals surface area contributed by atoms with E-state index in [4.69, 9.17) is 5.11 Å². The summed E-state index contributed by atoms with van der Waals surface area (Å²) in [6, 6.07) is 2.47. The Balaban J connectivity index is 2.50. The number of nitro benzene ring substituents is 1. The number of carboxylic acid groups (broad SMARTS) is 1. The van der Waals surface area contributed by atoms with Crippen LogP contribution in [-0.4, -0.2) is 26.2 Å². The highest BCUT2D eigenvalue weighted by Gasteiger charge is 2.20. The van der Waals surface area contributed by atoms with Gasteiger partial charge in [0.25, 0.3) is 5.69 Å². The van der Waals surface area contributed by atoms with Crippen molar-refractivity contribution in [3.8, 4) is 0 Å². The van der Waals surface area contributed by atoms with Gasteiger partial charge in [0.15, 0.2) is 4.34 Å². The number of rotatable bonds is 4. The van der Waals surface area contributed by atoms with E-state index in [0.717, 1.165) is 11.1 Å². The minimum absolute atomic E-state index is 0.119. The highest BCUT2D eigenvalue weighted by atomic mass is 32.2. The molecule has 0 fully saturated rings. The highest BCUT2D eigenvalue weighted by Crippen LogP contribution is 2.36. The van der Waals surface area contributed by atoms with E-state index in [1.807, 2.05) is 0 Å². The van der Waals surface area contributed by atoms with Gasteiger partial charge in [-0.25, -0.2) is 4.79 Å². The maximum Gasteiger partial charge on any atom is 0.335 e. The van der Waals surface area contributed by atoms with E-state index in [-0.39, 0.29) is 11.3 Å². The predicted octanol–water partition coefficient (Wildman–Crippen LogP) is 2.91. The van der Waals surface area contributed by atoms with Gasteiger partial charge in [-0.15, -0.1) is 10.2 Å². The van der Waals surface area contributed by atoms with E-state index in [0.29, 0.717) is 14.8 Å². The van der Waals surface area contributed by atoms with Crippen LogP contribution in [0.4, 0.5) is 5.69 Å². The Morgan fingerprint density at radius 1 is 1.40 bits per heavy atom. The van der Waals surface area contributed by atoms with E-state index >= 15 is 0 Å². The molecule has 0 atom stereocenters. The van der Waals surface area contributed by atoms with Crippen LogP contribution < -0.4 is 0 Å². The summed E-state index contributed by atoms with van der Waals surface area (Å²) >= 11 is 2.52. The van der Waals surface area contributed by atoms with Crippen LogP contribution in [0.15, 0.2) is 21.4 Å². The number of aromatic nitrogens is 2. The van der Waals surface area contributed by atoms with Crippen LogP contribution in [-0.2, 0) is 0 Å². The van der Waals surface area contributed by atoms with Crippen molar-refractivity contribution in [2.75, 3.05) is 0 Å². The molecule has 0 aliphatic carbocycles. The van der Waals surface area contributed by atoms with Crippen molar-refractivity contribution in [1.82, 2.24) is 10.2 Å². The Hall–Kier alpha value is -2.00. The standard InChI is InChI=1S/C11H9N3O4S2/c1-5-8(14(17)18)3-7(10(15)16)4-9(5)20-11-13-12-6(2)19-11/h3-4H,1-2H3,(H,15,16). The molecule has 20 heavy (non-hydrogen) atoms. The molecular weight excluding hydrogens is 302 g/mol. The lowest BCUT2D eigenvalue weighted by atomic mass is 10.1. The summed E-state index contributed by atoms with van der Waals surface area (Å²) in [5.41, 5.74) is 0.0810. The molecule has 1 aromatic carbocycles. The zero-order valence-corrected chi connectivity index (χ0v) is 12.1. The van der Waals surface area contributed by atoms with Gasteiger partial charge in [-0.3, -0.25) is 10.1 Å². The molecule has 0 unspecified atom stereocenters. The molecule has 7 nitrogen and oxygen atoms in total. The minimum Gasteiger partial charge on any atom is -0.478 e. The number of hydrogen-bond acceptors (Lipinski definition) is 7. The van der Waals surface area contributed by atoms with Gasteiger partial charge in [-0.2, -0.15) is 0 Å². The van der Waals surface area contributed by atoms with Gasteiger partial charge in [-0.05, 0) is 19.9 Å². The van der Waals surface area contributed by atoms with Crippen LogP contribution in [0.5, 0.6) is 0 Å². The predicted molar refractivity (Wildman–Crippen MR) is 73.6 cm³/mol. The Morgan fingerprint density at radius 3 is 2.60 bits per heavy atom. The summed E-state index contributed by atoms with van der Waals surface area (Å²) in [6.45, 7) is 3.38. The third-order valence-corrected chi connectivity index (χ3v) is 4.51. The number of aromatic carboxylic acids is 1. The molecule has 2 aromatic rings. The molecule has 1 aromatic heterocycles. The molecule has 104 valence electrons. The van der Waals surface area contributed by atoms with Gasteiger partial charge >= 0.3 is 5.97 Å². The maximum atomic E-state index is 11.0. The number of carboxylic acids is 1. The zero-order chi connectivity index (χ0) is 14.9. The van der Waals surface area contributed by atoms with Gasteiger partial charge in [0.2, 0.25) is 0 Å². The van der Waals surface area contributed by atoms with Crippen LogP contribution >= 0.6 is 23.1 Å². The minimum atomic E-state index is -1.21. The molecule has 9 heteroatoms. The second-order valence-electron chi connectivity index (χ2n) is 3.87. The number of benzene rings is 1. The van der Waals surface area contributed by atoms with Crippen molar-refractivity contribution in [1.29, 1.82) is 0 Å². The van der Waals surface area contributed by atoms with Crippen molar-refractivity contribution in [2.45, 2.75) is 23.1 Å². The molecule has 1 heterocycles. The molecule has 0 aliphatic heterocycles. The Kier molecular flexibility index (Phi) is 4.00. The molecule has 1 N–H and O–H groups in total. The first-order valence-electron chi connectivity index (χ1n) is 5.38. The topological polar surface area (TPSA) is 106 Å². The van der Waals surface area contributed by atoms with E-state index < -0.39 is 10.9 Å². The van der Waals surface area contributed by atoms with Gasteiger partial charge < -0.3 is 5.11 Å². The monoisotopic (exact) mass is 311 g/mol. The van der Waals surface area contributed by atoms with E-state index in [2.05, 4.69) is 10.2 Å². The largest absolute Gasteiger partial charge is 0.478 e. The third kappa shape index (κ3) is 2.94. The molecule has 0 amide bonds. The molecule has 0 spiro atoms. The number of carbonyl (C=O) groups is 1. The number of aryl methyl sites for hydroxylation is 1. The molecule has 0 saturated heterocycles. The SMILES string of the molecule is Cc1nnc(Sc2cc(C(=O)O)cc([N+](=O)[O-])c2C)s1. The van der Waals surface area contributed by atoms with Gasteiger partial charge in [0.05, 0.1) is 10.5 Å². The zero-order valence-electron chi connectivity index (χ0n) is 10.5. The molecule has 2 rings (SSSR count).